The summed E-state index contributed by atoms with van der Waals surface area (Å²) in [6.45, 7) is 3.11. The number of hydrogen-bond acceptors (Lipinski definition) is 3. The van der Waals surface area contributed by atoms with Gasteiger partial charge in [-0.3, -0.25) is 0 Å². The van der Waals surface area contributed by atoms with Crippen molar-refractivity contribution in [3.05, 3.63) is 35.6 Å². The second-order valence-electron chi connectivity index (χ2n) is 4.93. The first-order valence-corrected chi connectivity index (χ1v) is 6.77. The molecule has 21 heavy (non-hydrogen) atoms. The Bertz CT molecular complexity index is 592. The maximum absolute atomic E-state index is 12.1. The average Bonchev–Trinajstić information content (AvgIpc) is 2.79. The molecule has 1 atom stereocenters. The SMILES string of the molecule is CCNC(COCC(F)(F)F)c1cc2cc(C)ccc2o1. The van der Waals surface area contributed by atoms with Gasteiger partial charge in [-0.15, -0.1) is 0 Å². The largest absolute Gasteiger partial charge is 0.459 e. The van der Waals surface area contributed by atoms with Crippen LogP contribution in [0, 0.1) is 6.92 Å². The topological polar surface area (TPSA) is 34.4 Å². The number of hydrogen-bond donors (Lipinski definition) is 1. The first-order valence-electron chi connectivity index (χ1n) is 6.77. The fourth-order valence-electron chi connectivity index (χ4n) is 2.14. The fraction of sp³-hybridized carbons (Fsp3) is 0.467. The van der Waals surface area contributed by atoms with Gasteiger partial charge in [0.15, 0.2) is 0 Å². The zero-order valence-corrected chi connectivity index (χ0v) is 12.0. The van der Waals surface area contributed by atoms with Gasteiger partial charge < -0.3 is 14.5 Å². The Labute approximate surface area is 121 Å². The van der Waals surface area contributed by atoms with Crippen molar-refractivity contribution in [2.45, 2.75) is 26.1 Å². The van der Waals surface area contributed by atoms with Crippen molar-refractivity contribution in [2.75, 3.05) is 19.8 Å². The summed E-state index contributed by atoms with van der Waals surface area (Å²) in [5.41, 5.74) is 1.82. The smallest absolute Gasteiger partial charge is 0.411 e. The second kappa shape index (κ2) is 6.49. The van der Waals surface area contributed by atoms with E-state index in [9.17, 15) is 13.2 Å². The number of benzene rings is 1. The van der Waals surface area contributed by atoms with Gasteiger partial charge in [-0.2, -0.15) is 13.2 Å². The van der Waals surface area contributed by atoms with Gasteiger partial charge >= 0.3 is 6.18 Å². The van der Waals surface area contributed by atoms with E-state index in [2.05, 4.69) is 5.32 Å². The molecule has 116 valence electrons. The Morgan fingerprint density at radius 2 is 2.05 bits per heavy atom. The van der Waals surface area contributed by atoms with E-state index < -0.39 is 18.8 Å². The van der Waals surface area contributed by atoms with Crippen molar-refractivity contribution >= 4 is 11.0 Å². The molecule has 1 unspecified atom stereocenters. The predicted octanol–water partition coefficient (Wildman–Crippen LogP) is 3.97. The van der Waals surface area contributed by atoms with Crippen LogP contribution in [0.3, 0.4) is 0 Å². The molecule has 0 spiro atoms. The number of nitrogens with one attached hydrogen (secondary N) is 1. The normalized spacial score (nSPS) is 13.8. The first-order chi connectivity index (χ1) is 9.89. The number of rotatable bonds is 6. The molecule has 1 N–H and O–H groups in total. The second-order valence-corrected chi connectivity index (χ2v) is 4.93. The molecule has 0 bridgehead atoms. The molecule has 6 heteroatoms. The molecule has 0 fully saturated rings. The minimum Gasteiger partial charge on any atom is -0.459 e. The van der Waals surface area contributed by atoms with Crippen LogP contribution in [0.1, 0.15) is 24.3 Å². The van der Waals surface area contributed by atoms with Gasteiger partial charge in [-0.1, -0.05) is 18.6 Å². The summed E-state index contributed by atoms with van der Waals surface area (Å²) in [5, 5.41) is 4.01. The minimum atomic E-state index is -4.32. The zero-order valence-electron chi connectivity index (χ0n) is 12.0. The molecule has 0 amide bonds. The summed E-state index contributed by atoms with van der Waals surface area (Å²) < 4.78 is 46.8. The molecule has 1 heterocycles. The molecule has 0 aliphatic carbocycles. The summed E-state index contributed by atoms with van der Waals surface area (Å²) >= 11 is 0. The van der Waals surface area contributed by atoms with Gasteiger partial charge in [-0.25, -0.2) is 0 Å². The Hall–Kier alpha value is -1.53. The van der Waals surface area contributed by atoms with E-state index in [-0.39, 0.29) is 6.61 Å². The summed E-state index contributed by atoms with van der Waals surface area (Å²) in [6, 6.07) is 7.20. The highest BCUT2D eigenvalue weighted by Gasteiger charge is 2.28. The Morgan fingerprint density at radius 3 is 2.71 bits per heavy atom. The van der Waals surface area contributed by atoms with Gasteiger partial charge in [0, 0.05) is 5.39 Å². The van der Waals surface area contributed by atoms with Crippen LogP contribution in [0.2, 0.25) is 0 Å². The highest BCUT2D eigenvalue weighted by Crippen LogP contribution is 2.25. The number of alkyl halides is 3. The van der Waals surface area contributed by atoms with Crippen LogP contribution in [-0.2, 0) is 4.74 Å². The lowest BCUT2D eigenvalue weighted by molar-refractivity contribution is -0.175. The van der Waals surface area contributed by atoms with Crippen LogP contribution in [0.4, 0.5) is 13.2 Å². The number of ether oxygens (including phenoxy) is 1. The van der Waals surface area contributed by atoms with Crippen molar-refractivity contribution in [2.24, 2.45) is 0 Å². The van der Waals surface area contributed by atoms with Gasteiger partial charge in [0.05, 0.1) is 12.6 Å². The maximum Gasteiger partial charge on any atom is 0.411 e. The Kier molecular flexibility index (Phi) is 4.90. The number of furan rings is 1. The molecule has 0 radical (unpaired) electrons. The number of aryl methyl sites for hydroxylation is 1. The molecule has 1 aromatic heterocycles. The predicted molar refractivity (Wildman–Crippen MR) is 74.2 cm³/mol. The molecule has 3 nitrogen and oxygen atoms in total. The standard InChI is InChI=1S/C15H18F3NO2/c1-3-19-12(8-20-9-15(16,17)18)14-7-11-6-10(2)4-5-13(11)21-14/h4-7,12,19H,3,8-9H2,1-2H3. The van der Waals surface area contributed by atoms with E-state index in [4.69, 9.17) is 9.15 Å². The Morgan fingerprint density at radius 1 is 1.29 bits per heavy atom. The third-order valence-electron chi connectivity index (χ3n) is 3.04. The monoisotopic (exact) mass is 301 g/mol. The van der Waals surface area contributed by atoms with Crippen molar-refractivity contribution in [3.8, 4) is 0 Å². The summed E-state index contributed by atoms with van der Waals surface area (Å²) in [7, 11) is 0. The van der Waals surface area contributed by atoms with Crippen molar-refractivity contribution in [1.82, 2.24) is 5.32 Å². The fourth-order valence-corrected chi connectivity index (χ4v) is 2.14. The van der Waals surface area contributed by atoms with Crippen LogP contribution < -0.4 is 5.32 Å². The lowest BCUT2D eigenvalue weighted by atomic mass is 10.1. The van der Waals surface area contributed by atoms with Crippen LogP contribution >= 0.6 is 0 Å². The Balaban J connectivity index is 2.11. The van der Waals surface area contributed by atoms with E-state index in [0.29, 0.717) is 17.9 Å². The molecule has 0 aliphatic rings. The molecule has 0 aliphatic heterocycles. The molecule has 2 rings (SSSR count). The van der Waals surface area contributed by atoms with Crippen LogP contribution in [0.5, 0.6) is 0 Å². The third kappa shape index (κ3) is 4.47. The van der Waals surface area contributed by atoms with Crippen LogP contribution in [0.25, 0.3) is 11.0 Å². The minimum absolute atomic E-state index is 0.0911. The summed E-state index contributed by atoms with van der Waals surface area (Å²) in [6.07, 6.45) is -4.32. The molecule has 2 aromatic rings. The lowest BCUT2D eigenvalue weighted by Crippen LogP contribution is -2.27. The third-order valence-corrected chi connectivity index (χ3v) is 3.04. The van der Waals surface area contributed by atoms with Gasteiger partial charge in [0.2, 0.25) is 0 Å². The van der Waals surface area contributed by atoms with Gasteiger partial charge in [0.25, 0.3) is 0 Å². The van der Waals surface area contributed by atoms with E-state index in [0.717, 1.165) is 10.9 Å². The average molecular weight is 301 g/mol. The summed E-state index contributed by atoms with van der Waals surface area (Å²) in [5.74, 6) is 0.583. The number of fused-ring (bicyclic) bond motifs is 1. The zero-order chi connectivity index (χ0) is 15.5. The van der Waals surface area contributed by atoms with Crippen LogP contribution in [-0.4, -0.2) is 25.9 Å². The maximum atomic E-state index is 12.1. The lowest BCUT2D eigenvalue weighted by Gasteiger charge is -2.16. The molecule has 0 saturated heterocycles. The van der Waals surface area contributed by atoms with Crippen molar-refractivity contribution in [3.63, 3.8) is 0 Å². The quantitative estimate of drug-likeness (QED) is 0.876. The van der Waals surface area contributed by atoms with Crippen LogP contribution in [0.15, 0.2) is 28.7 Å². The summed E-state index contributed by atoms with van der Waals surface area (Å²) in [4.78, 5) is 0. The van der Waals surface area contributed by atoms with Crippen molar-refractivity contribution in [1.29, 1.82) is 0 Å². The highest BCUT2D eigenvalue weighted by atomic mass is 19.4. The van der Waals surface area contributed by atoms with E-state index in [1.165, 1.54) is 0 Å². The molecular weight excluding hydrogens is 283 g/mol. The van der Waals surface area contributed by atoms with Gasteiger partial charge in [0.1, 0.15) is 18.0 Å². The highest BCUT2D eigenvalue weighted by molar-refractivity contribution is 5.78. The number of likely N-dealkylation sites (N-methyl/N-ethyl adjacent to an activating group) is 1. The van der Waals surface area contributed by atoms with Gasteiger partial charge in [-0.05, 0) is 31.7 Å². The van der Waals surface area contributed by atoms with E-state index >= 15 is 0 Å². The molecular formula is C15H18F3NO2. The molecule has 1 aromatic carbocycles. The van der Waals surface area contributed by atoms with E-state index in [1.807, 2.05) is 38.1 Å². The molecule has 0 saturated carbocycles. The first kappa shape index (κ1) is 15.9. The number of halogens is 3. The van der Waals surface area contributed by atoms with Crippen molar-refractivity contribution < 1.29 is 22.3 Å². The van der Waals surface area contributed by atoms with E-state index in [1.54, 1.807) is 0 Å².